The number of aryl methyl sites for hydroxylation is 1. The molecule has 0 fully saturated rings. The molecule has 0 radical (unpaired) electrons. The highest BCUT2D eigenvalue weighted by Crippen LogP contribution is 2.41. The van der Waals surface area contributed by atoms with Crippen molar-refractivity contribution in [2.45, 2.75) is 17.7 Å². The van der Waals surface area contributed by atoms with E-state index >= 15 is 0 Å². The second kappa shape index (κ2) is 8.18. The van der Waals surface area contributed by atoms with Crippen molar-refractivity contribution in [2.24, 2.45) is 0 Å². The van der Waals surface area contributed by atoms with Gasteiger partial charge in [-0.05, 0) is 55.0 Å². The van der Waals surface area contributed by atoms with Gasteiger partial charge >= 0.3 is 0 Å². The van der Waals surface area contributed by atoms with Gasteiger partial charge in [0, 0.05) is 36.1 Å². The van der Waals surface area contributed by atoms with E-state index in [4.69, 9.17) is 0 Å². The van der Waals surface area contributed by atoms with Gasteiger partial charge in [0.05, 0.1) is 10.6 Å². The Hall–Kier alpha value is -3.98. The van der Waals surface area contributed by atoms with Gasteiger partial charge in [-0.15, -0.1) is 0 Å². The van der Waals surface area contributed by atoms with Crippen molar-refractivity contribution in [3.8, 4) is 5.75 Å². The van der Waals surface area contributed by atoms with Gasteiger partial charge in [-0.1, -0.05) is 24.3 Å². The SMILES string of the molecule is Cc1cc(O)ccc1Nc1nccc(C2CN(S(=O)(=O)c3ccccc3)c3ncccc32)n1. The standard InChI is InChI=1S/C24H21N5O3S/c1-16-14-17(30)9-10-21(16)27-24-26-13-11-22(28-24)20-15-29(23-19(20)8-5-12-25-23)33(31,32)18-6-3-2-4-7-18/h2-14,20,30H,15H2,1H3,(H,26,27,28). The molecule has 1 atom stereocenters. The van der Waals surface area contributed by atoms with E-state index in [1.54, 1.807) is 73.1 Å². The average Bonchev–Trinajstić information content (AvgIpc) is 3.22. The molecule has 0 saturated heterocycles. The molecule has 1 aliphatic heterocycles. The maximum atomic E-state index is 13.4. The first-order valence-corrected chi connectivity index (χ1v) is 11.8. The number of fused-ring (bicyclic) bond motifs is 1. The molecular formula is C24H21N5O3S. The Morgan fingerprint density at radius 3 is 2.61 bits per heavy atom. The minimum absolute atomic E-state index is 0.183. The van der Waals surface area contributed by atoms with E-state index < -0.39 is 10.0 Å². The number of hydrogen-bond donors (Lipinski definition) is 2. The molecule has 0 saturated carbocycles. The predicted octanol–water partition coefficient (Wildman–Crippen LogP) is 3.97. The average molecular weight is 460 g/mol. The van der Waals surface area contributed by atoms with Crippen LogP contribution in [0.25, 0.3) is 0 Å². The Balaban J connectivity index is 1.50. The maximum Gasteiger partial charge on any atom is 0.265 e. The number of sulfonamides is 1. The number of rotatable bonds is 5. The summed E-state index contributed by atoms with van der Waals surface area (Å²) < 4.78 is 28.1. The molecule has 3 heterocycles. The Morgan fingerprint density at radius 2 is 1.82 bits per heavy atom. The summed E-state index contributed by atoms with van der Waals surface area (Å²) in [5.74, 6) is 0.684. The summed E-state index contributed by atoms with van der Waals surface area (Å²) >= 11 is 0. The molecule has 0 spiro atoms. The second-order valence-electron chi connectivity index (χ2n) is 7.75. The smallest absolute Gasteiger partial charge is 0.265 e. The van der Waals surface area contributed by atoms with Crippen molar-refractivity contribution in [1.29, 1.82) is 0 Å². The fourth-order valence-corrected chi connectivity index (χ4v) is 5.44. The van der Waals surface area contributed by atoms with Crippen LogP contribution in [0, 0.1) is 6.92 Å². The fourth-order valence-electron chi connectivity index (χ4n) is 3.96. The molecule has 2 aromatic carbocycles. The first-order valence-electron chi connectivity index (χ1n) is 10.4. The number of nitrogens with zero attached hydrogens (tertiary/aromatic N) is 4. The largest absolute Gasteiger partial charge is 0.508 e. The topological polar surface area (TPSA) is 108 Å². The van der Waals surface area contributed by atoms with Gasteiger partial charge < -0.3 is 10.4 Å². The lowest BCUT2D eigenvalue weighted by atomic mass is 9.99. The number of aromatic hydroxyl groups is 1. The molecule has 4 aromatic rings. The van der Waals surface area contributed by atoms with Gasteiger partial charge in [0.25, 0.3) is 10.0 Å². The molecule has 0 bridgehead atoms. The first kappa shape index (κ1) is 20.9. The normalized spacial score (nSPS) is 15.3. The Morgan fingerprint density at radius 1 is 1.00 bits per heavy atom. The number of hydrogen-bond acceptors (Lipinski definition) is 7. The van der Waals surface area contributed by atoms with Gasteiger partial charge in [0.2, 0.25) is 5.95 Å². The Kier molecular flexibility index (Phi) is 5.18. The lowest BCUT2D eigenvalue weighted by Crippen LogP contribution is -2.30. The van der Waals surface area contributed by atoms with Crippen molar-refractivity contribution < 1.29 is 13.5 Å². The van der Waals surface area contributed by atoms with Crippen LogP contribution in [0.5, 0.6) is 5.75 Å². The number of phenolic OH excluding ortho intramolecular Hbond substituents is 1. The van der Waals surface area contributed by atoms with Crippen LogP contribution in [0.3, 0.4) is 0 Å². The van der Waals surface area contributed by atoms with Gasteiger partial charge in [0.15, 0.2) is 0 Å². The Bertz CT molecular complexity index is 1430. The zero-order valence-corrected chi connectivity index (χ0v) is 18.6. The summed E-state index contributed by atoms with van der Waals surface area (Å²) in [7, 11) is -3.77. The molecule has 1 unspecified atom stereocenters. The summed E-state index contributed by atoms with van der Waals surface area (Å²) in [5.41, 5.74) is 3.10. The third-order valence-electron chi connectivity index (χ3n) is 5.60. The van der Waals surface area contributed by atoms with Crippen LogP contribution in [-0.2, 0) is 10.0 Å². The monoisotopic (exact) mass is 459 g/mol. The van der Waals surface area contributed by atoms with Crippen molar-refractivity contribution in [2.75, 3.05) is 16.2 Å². The van der Waals surface area contributed by atoms with Crippen molar-refractivity contribution >= 4 is 27.5 Å². The highest BCUT2D eigenvalue weighted by molar-refractivity contribution is 7.92. The van der Waals surface area contributed by atoms with Gasteiger partial charge in [-0.2, -0.15) is 0 Å². The van der Waals surface area contributed by atoms with Crippen molar-refractivity contribution in [1.82, 2.24) is 15.0 Å². The van der Waals surface area contributed by atoms with Crippen LogP contribution in [0.15, 0.2) is 84.0 Å². The number of anilines is 3. The third kappa shape index (κ3) is 3.87. The fraction of sp³-hybridized carbons (Fsp3) is 0.125. The summed E-state index contributed by atoms with van der Waals surface area (Å²) in [5, 5.41) is 12.8. The van der Waals surface area contributed by atoms with Crippen LogP contribution in [0.1, 0.15) is 22.7 Å². The molecule has 8 nitrogen and oxygen atoms in total. The molecule has 33 heavy (non-hydrogen) atoms. The molecule has 0 amide bonds. The van der Waals surface area contributed by atoms with Crippen molar-refractivity contribution in [3.63, 3.8) is 0 Å². The van der Waals surface area contributed by atoms with Crippen LogP contribution in [0.4, 0.5) is 17.5 Å². The molecular weight excluding hydrogens is 438 g/mol. The Labute approximate surface area is 191 Å². The maximum absolute atomic E-state index is 13.4. The number of phenols is 1. The zero-order valence-electron chi connectivity index (χ0n) is 17.8. The third-order valence-corrected chi connectivity index (χ3v) is 7.37. The molecule has 1 aliphatic rings. The highest BCUT2D eigenvalue weighted by Gasteiger charge is 2.39. The number of aromatic nitrogens is 3. The van der Waals surface area contributed by atoms with Crippen LogP contribution in [-0.4, -0.2) is 35.0 Å². The molecule has 0 aliphatic carbocycles. The van der Waals surface area contributed by atoms with Crippen LogP contribution >= 0.6 is 0 Å². The number of nitrogens with one attached hydrogen (secondary N) is 1. The molecule has 9 heteroatoms. The van der Waals surface area contributed by atoms with E-state index in [2.05, 4.69) is 20.3 Å². The minimum Gasteiger partial charge on any atom is -0.508 e. The van der Waals surface area contributed by atoms with Gasteiger partial charge in [-0.25, -0.2) is 27.7 Å². The number of benzene rings is 2. The first-order chi connectivity index (χ1) is 15.9. The predicted molar refractivity (Wildman–Crippen MR) is 125 cm³/mol. The summed E-state index contributed by atoms with van der Waals surface area (Å²) in [6, 6.07) is 18.8. The summed E-state index contributed by atoms with van der Waals surface area (Å²) in [6.45, 7) is 2.06. The lowest BCUT2D eigenvalue weighted by Gasteiger charge is -2.19. The van der Waals surface area contributed by atoms with E-state index in [0.29, 0.717) is 17.5 Å². The van der Waals surface area contributed by atoms with E-state index in [1.165, 1.54) is 4.31 Å². The minimum atomic E-state index is -3.77. The van der Waals surface area contributed by atoms with E-state index in [1.807, 2.05) is 13.0 Å². The molecule has 166 valence electrons. The summed E-state index contributed by atoms with van der Waals surface area (Å²) in [6.07, 6.45) is 3.24. The zero-order chi connectivity index (χ0) is 23.0. The number of pyridine rings is 1. The van der Waals surface area contributed by atoms with Crippen molar-refractivity contribution in [3.05, 3.63) is 95.9 Å². The molecule has 5 rings (SSSR count). The quantitative estimate of drug-likeness (QED) is 0.435. The van der Waals surface area contributed by atoms with E-state index in [9.17, 15) is 13.5 Å². The lowest BCUT2D eigenvalue weighted by molar-refractivity contribution is 0.475. The van der Waals surface area contributed by atoms with Gasteiger partial charge in [0.1, 0.15) is 11.6 Å². The summed E-state index contributed by atoms with van der Waals surface area (Å²) in [4.78, 5) is 13.6. The van der Waals surface area contributed by atoms with Crippen LogP contribution in [0.2, 0.25) is 0 Å². The van der Waals surface area contributed by atoms with Gasteiger partial charge in [-0.3, -0.25) is 0 Å². The molecule has 2 N–H and O–H groups in total. The van der Waals surface area contributed by atoms with Crippen LogP contribution < -0.4 is 9.62 Å². The highest BCUT2D eigenvalue weighted by atomic mass is 32.2. The van der Waals surface area contributed by atoms with E-state index in [0.717, 1.165) is 16.8 Å². The second-order valence-corrected chi connectivity index (χ2v) is 9.61. The van der Waals surface area contributed by atoms with E-state index in [-0.39, 0.29) is 23.1 Å². The molecule has 2 aromatic heterocycles.